The van der Waals surface area contributed by atoms with E-state index in [1.54, 1.807) is 0 Å². The quantitative estimate of drug-likeness (QED) is 0.689. The third-order valence-electron chi connectivity index (χ3n) is 3.93. The second-order valence-electron chi connectivity index (χ2n) is 4.94. The minimum Gasteiger partial charge on any atom is -0.393 e. The summed E-state index contributed by atoms with van der Waals surface area (Å²) in [7, 11) is 0. The van der Waals surface area contributed by atoms with E-state index >= 15 is 0 Å². The van der Waals surface area contributed by atoms with E-state index in [-0.39, 0.29) is 18.2 Å². The molecule has 82 valence electrons. The van der Waals surface area contributed by atoms with Crippen LogP contribution in [0.4, 0.5) is 0 Å². The van der Waals surface area contributed by atoms with Gasteiger partial charge in [0.1, 0.15) is 0 Å². The van der Waals surface area contributed by atoms with Crippen LogP contribution in [-0.2, 0) is 0 Å². The van der Waals surface area contributed by atoms with Crippen LogP contribution >= 0.6 is 0 Å². The summed E-state index contributed by atoms with van der Waals surface area (Å²) in [6.45, 7) is 3.95. The monoisotopic (exact) mass is 199 g/mol. The minimum atomic E-state index is -0.270. The number of hydrogen-bond acceptors (Lipinski definition) is 3. The van der Waals surface area contributed by atoms with Crippen LogP contribution in [0.1, 0.15) is 39.5 Å². The lowest BCUT2D eigenvalue weighted by Crippen LogP contribution is -2.52. The maximum absolute atomic E-state index is 9.64. The summed E-state index contributed by atoms with van der Waals surface area (Å²) in [6, 6.07) is 1.25. The number of hydrogen-bond donors (Lipinski definition) is 2. The fourth-order valence-electron chi connectivity index (χ4n) is 3.10. The van der Waals surface area contributed by atoms with Crippen molar-refractivity contribution in [1.29, 1.82) is 0 Å². The highest BCUT2D eigenvalue weighted by Gasteiger charge is 2.43. The van der Waals surface area contributed by atoms with Crippen molar-refractivity contribution in [2.24, 2.45) is 0 Å². The molecule has 2 rings (SSSR count). The highest BCUT2D eigenvalue weighted by Crippen LogP contribution is 2.37. The van der Waals surface area contributed by atoms with Gasteiger partial charge in [-0.3, -0.25) is 4.90 Å². The maximum atomic E-state index is 9.64. The third-order valence-corrected chi connectivity index (χ3v) is 3.93. The third kappa shape index (κ3) is 1.69. The van der Waals surface area contributed by atoms with E-state index in [9.17, 15) is 10.2 Å². The first-order chi connectivity index (χ1) is 6.59. The molecule has 3 heteroatoms. The van der Waals surface area contributed by atoms with Crippen molar-refractivity contribution in [3.8, 4) is 0 Å². The van der Waals surface area contributed by atoms with Crippen LogP contribution < -0.4 is 0 Å². The average molecular weight is 199 g/mol. The molecule has 0 aromatic carbocycles. The van der Waals surface area contributed by atoms with E-state index < -0.39 is 0 Å². The molecule has 2 heterocycles. The first-order valence-electron chi connectivity index (χ1n) is 5.73. The summed E-state index contributed by atoms with van der Waals surface area (Å²) in [4.78, 5) is 2.43. The van der Waals surface area contributed by atoms with Gasteiger partial charge in [0.15, 0.2) is 0 Å². The highest BCUT2D eigenvalue weighted by atomic mass is 16.3. The van der Waals surface area contributed by atoms with Crippen LogP contribution in [0, 0.1) is 0 Å². The molecule has 0 spiro atoms. The second-order valence-corrected chi connectivity index (χ2v) is 4.94. The van der Waals surface area contributed by atoms with Crippen molar-refractivity contribution < 1.29 is 10.2 Å². The largest absolute Gasteiger partial charge is 0.393 e. The van der Waals surface area contributed by atoms with Gasteiger partial charge in [0.2, 0.25) is 0 Å². The fraction of sp³-hybridized carbons (Fsp3) is 1.00. The van der Waals surface area contributed by atoms with Crippen molar-refractivity contribution in [1.82, 2.24) is 4.90 Å². The highest BCUT2D eigenvalue weighted by molar-refractivity contribution is 4.98. The van der Waals surface area contributed by atoms with Gasteiger partial charge < -0.3 is 10.2 Å². The Morgan fingerprint density at radius 2 is 1.64 bits per heavy atom. The Labute approximate surface area is 85.7 Å². The molecule has 3 nitrogen and oxygen atoms in total. The lowest BCUT2D eigenvalue weighted by molar-refractivity contribution is -0.0210. The summed E-state index contributed by atoms with van der Waals surface area (Å²) < 4.78 is 0. The Balaban J connectivity index is 2.07. The first kappa shape index (κ1) is 10.4. The van der Waals surface area contributed by atoms with Crippen LogP contribution in [0.25, 0.3) is 0 Å². The molecule has 2 fully saturated rings. The Kier molecular flexibility index (Phi) is 2.82. The summed E-state index contributed by atoms with van der Waals surface area (Å²) in [5.74, 6) is 0. The summed E-state index contributed by atoms with van der Waals surface area (Å²) >= 11 is 0. The van der Waals surface area contributed by atoms with E-state index in [1.165, 1.54) is 12.8 Å². The van der Waals surface area contributed by atoms with Gasteiger partial charge in [-0.1, -0.05) is 0 Å². The predicted molar refractivity (Wildman–Crippen MR) is 55.0 cm³/mol. The van der Waals surface area contributed by atoms with E-state index in [2.05, 4.69) is 11.8 Å². The van der Waals surface area contributed by atoms with E-state index in [0.717, 1.165) is 12.8 Å². The van der Waals surface area contributed by atoms with Gasteiger partial charge in [0, 0.05) is 18.1 Å². The van der Waals surface area contributed by atoms with Crippen molar-refractivity contribution in [3.05, 3.63) is 0 Å². The zero-order valence-corrected chi connectivity index (χ0v) is 9.06. The molecule has 0 aliphatic carbocycles. The molecular formula is C11H21NO2. The Hall–Kier alpha value is -0.120. The molecule has 0 saturated carbocycles. The molecule has 14 heavy (non-hydrogen) atoms. The number of rotatable bonds is 2. The van der Waals surface area contributed by atoms with E-state index in [0.29, 0.717) is 12.1 Å². The Bertz CT molecular complexity index is 193. The summed E-state index contributed by atoms with van der Waals surface area (Å²) in [5.41, 5.74) is 0. The molecule has 2 aliphatic heterocycles. The Morgan fingerprint density at radius 1 is 1.14 bits per heavy atom. The zero-order chi connectivity index (χ0) is 10.3. The maximum Gasteiger partial charge on any atom is 0.0664 e. The normalized spacial score (nSPS) is 42.4. The number of aliphatic hydroxyl groups is 2. The van der Waals surface area contributed by atoms with E-state index in [1.807, 2.05) is 6.92 Å². The predicted octanol–water partition coefficient (Wildman–Crippen LogP) is 0.743. The van der Waals surface area contributed by atoms with Gasteiger partial charge in [-0.2, -0.15) is 0 Å². The number of piperidine rings is 1. The smallest absolute Gasteiger partial charge is 0.0664 e. The van der Waals surface area contributed by atoms with Crippen molar-refractivity contribution >= 4 is 0 Å². The lowest BCUT2D eigenvalue weighted by atomic mass is 9.97. The SMILES string of the molecule is CC(O)C(C)N1C2CCC1CC(O)C2. The van der Waals surface area contributed by atoms with Gasteiger partial charge in [-0.05, 0) is 39.5 Å². The van der Waals surface area contributed by atoms with Crippen molar-refractivity contribution in [2.45, 2.75) is 69.9 Å². The minimum absolute atomic E-state index is 0.107. The number of aliphatic hydroxyl groups excluding tert-OH is 2. The second kappa shape index (κ2) is 3.80. The Morgan fingerprint density at radius 3 is 2.07 bits per heavy atom. The van der Waals surface area contributed by atoms with Gasteiger partial charge in [0.25, 0.3) is 0 Å². The van der Waals surface area contributed by atoms with Crippen LogP contribution in [-0.4, -0.2) is 45.4 Å². The van der Waals surface area contributed by atoms with Crippen LogP contribution in [0.2, 0.25) is 0 Å². The topological polar surface area (TPSA) is 43.7 Å². The molecule has 2 saturated heterocycles. The van der Waals surface area contributed by atoms with Gasteiger partial charge in [-0.15, -0.1) is 0 Å². The summed E-state index contributed by atoms with van der Waals surface area (Å²) in [6.07, 6.45) is 3.80. The number of fused-ring (bicyclic) bond motifs is 2. The summed E-state index contributed by atoms with van der Waals surface area (Å²) in [5, 5.41) is 19.2. The first-order valence-corrected chi connectivity index (χ1v) is 5.73. The zero-order valence-electron chi connectivity index (χ0n) is 9.06. The lowest BCUT2D eigenvalue weighted by Gasteiger charge is -2.42. The van der Waals surface area contributed by atoms with Crippen molar-refractivity contribution in [2.75, 3.05) is 0 Å². The van der Waals surface area contributed by atoms with Crippen LogP contribution in [0.3, 0.4) is 0 Å². The molecule has 2 N–H and O–H groups in total. The average Bonchev–Trinajstić information content (AvgIpc) is 2.37. The molecule has 0 aromatic rings. The van der Waals surface area contributed by atoms with Gasteiger partial charge in [-0.25, -0.2) is 0 Å². The molecular weight excluding hydrogens is 178 g/mol. The number of nitrogens with zero attached hydrogens (tertiary/aromatic N) is 1. The van der Waals surface area contributed by atoms with Crippen LogP contribution in [0.5, 0.6) is 0 Å². The molecule has 0 aromatic heterocycles. The molecule has 4 unspecified atom stereocenters. The standard InChI is InChI=1S/C11H21NO2/c1-7(8(2)13)12-9-3-4-10(12)6-11(14)5-9/h7-11,13-14H,3-6H2,1-2H3. The van der Waals surface area contributed by atoms with Gasteiger partial charge >= 0.3 is 0 Å². The van der Waals surface area contributed by atoms with Gasteiger partial charge in [0.05, 0.1) is 12.2 Å². The molecule has 2 bridgehead atoms. The fourth-order valence-corrected chi connectivity index (χ4v) is 3.10. The molecule has 2 aliphatic rings. The molecule has 0 amide bonds. The van der Waals surface area contributed by atoms with Crippen molar-refractivity contribution in [3.63, 3.8) is 0 Å². The molecule has 4 atom stereocenters. The van der Waals surface area contributed by atoms with E-state index in [4.69, 9.17) is 0 Å². The van der Waals surface area contributed by atoms with Crippen LogP contribution in [0.15, 0.2) is 0 Å². The molecule has 0 radical (unpaired) electrons.